The molecule has 2 N–H and O–H groups in total. The van der Waals surface area contributed by atoms with Gasteiger partial charge in [-0.2, -0.15) is 0 Å². The summed E-state index contributed by atoms with van der Waals surface area (Å²) in [7, 11) is 0. The quantitative estimate of drug-likeness (QED) is 0.605. The molecule has 0 radical (unpaired) electrons. The van der Waals surface area contributed by atoms with Gasteiger partial charge in [0.25, 0.3) is 5.91 Å². The maximum absolute atomic E-state index is 12.3. The van der Waals surface area contributed by atoms with Crippen molar-refractivity contribution in [2.75, 3.05) is 17.2 Å². The lowest BCUT2D eigenvalue weighted by atomic mass is 10.1. The number of ether oxygens (including phenoxy) is 1. The molecule has 0 atom stereocenters. The van der Waals surface area contributed by atoms with E-state index in [0.29, 0.717) is 35.9 Å². The first kappa shape index (κ1) is 20.5. The van der Waals surface area contributed by atoms with Crippen molar-refractivity contribution < 1.29 is 14.3 Å². The summed E-state index contributed by atoms with van der Waals surface area (Å²) >= 11 is 0. The van der Waals surface area contributed by atoms with Crippen molar-refractivity contribution in [3.05, 3.63) is 54.1 Å². The summed E-state index contributed by atoms with van der Waals surface area (Å²) in [5.74, 6) is 0.878. The zero-order valence-corrected chi connectivity index (χ0v) is 16.2. The molecular formula is C22H28N2O3. The monoisotopic (exact) mass is 368 g/mol. The molecule has 0 spiro atoms. The smallest absolute Gasteiger partial charge is 0.255 e. The Balaban J connectivity index is 1.88. The summed E-state index contributed by atoms with van der Waals surface area (Å²) < 4.78 is 5.60. The molecule has 0 aliphatic carbocycles. The SMILES string of the molecule is CCCCOc1ccc(C(=O)Nc2ccc(NC(=O)CC(C)C)cc2)cc1. The largest absolute Gasteiger partial charge is 0.494 e. The van der Waals surface area contributed by atoms with Crippen LogP contribution in [0.15, 0.2) is 48.5 Å². The molecular weight excluding hydrogens is 340 g/mol. The molecule has 0 heterocycles. The number of rotatable bonds is 9. The van der Waals surface area contributed by atoms with E-state index in [1.165, 1.54) is 0 Å². The number of unbranched alkanes of at least 4 members (excludes halogenated alkanes) is 1. The third-order valence-corrected chi connectivity index (χ3v) is 3.90. The number of carbonyl (C=O) groups is 2. The third-order valence-electron chi connectivity index (χ3n) is 3.90. The predicted molar refractivity (Wildman–Crippen MR) is 109 cm³/mol. The van der Waals surface area contributed by atoms with Gasteiger partial charge in [-0.05, 0) is 60.9 Å². The number of hydrogen-bond donors (Lipinski definition) is 2. The molecule has 144 valence electrons. The lowest BCUT2D eigenvalue weighted by Crippen LogP contribution is -2.14. The van der Waals surface area contributed by atoms with Crippen molar-refractivity contribution in [2.45, 2.75) is 40.0 Å². The van der Waals surface area contributed by atoms with Crippen LogP contribution in [0.1, 0.15) is 50.4 Å². The average molecular weight is 368 g/mol. The van der Waals surface area contributed by atoms with Gasteiger partial charge in [0.1, 0.15) is 5.75 Å². The van der Waals surface area contributed by atoms with Crippen LogP contribution in [0.5, 0.6) is 5.75 Å². The summed E-state index contributed by atoms with van der Waals surface area (Å²) in [6.45, 7) is 6.80. The molecule has 0 aliphatic rings. The summed E-state index contributed by atoms with van der Waals surface area (Å²) in [5.41, 5.74) is 1.95. The number of benzene rings is 2. The predicted octanol–water partition coefficient (Wildman–Crippen LogP) is 5.10. The molecule has 0 bridgehead atoms. The molecule has 2 aromatic rings. The van der Waals surface area contributed by atoms with E-state index in [9.17, 15) is 9.59 Å². The van der Waals surface area contributed by atoms with Crippen LogP contribution < -0.4 is 15.4 Å². The average Bonchev–Trinajstić information content (AvgIpc) is 2.63. The van der Waals surface area contributed by atoms with Gasteiger partial charge in [-0.3, -0.25) is 9.59 Å². The lowest BCUT2D eigenvalue weighted by Gasteiger charge is -2.10. The molecule has 27 heavy (non-hydrogen) atoms. The number of carbonyl (C=O) groups excluding carboxylic acids is 2. The molecule has 0 saturated carbocycles. The van der Waals surface area contributed by atoms with Crippen LogP contribution in [-0.4, -0.2) is 18.4 Å². The second-order valence-electron chi connectivity index (χ2n) is 6.90. The van der Waals surface area contributed by atoms with E-state index in [0.717, 1.165) is 18.6 Å². The zero-order valence-electron chi connectivity index (χ0n) is 16.2. The lowest BCUT2D eigenvalue weighted by molar-refractivity contribution is -0.116. The van der Waals surface area contributed by atoms with Gasteiger partial charge in [-0.1, -0.05) is 27.2 Å². The van der Waals surface area contributed by atoms with Gasteiger partial charge >= 0.3 is 0 Å². The summed E-state index contributed by atoms with van der Waals surface area (Å²) in [5, 5.41) is 5.70. The molecule has 5 nitrogen and oxygen atoms in total. The summed E-state index contributed by atoms with van der Waals surface area (Å²) in [6.07, 6.45) is 2.58. The Morgan fingerprint density at radius 1 is 0.926 bits per heavy atom. The maximum atomic E-state index is 12.3. The molecule has 5 heteroatoms. The van der Waals surface area contributed by atoms with Crippen molar-refractivity contribution in [3.8, 4) is 5.75 Å². The van der Waals surface area contributed by atoms with Crippen molar-refractivity contribution in [1.29, 1.82) is 0 Å². The fourth-order valence-electron chi connectivity index (χ4n) is 2.46. The standard InChI is InChI=1S/C22H28N2O3/c1-4-5-14-27-20-12-6-17(7-13-20)22(26)24-19-10-8-18(9-11-19)23-21(25)15-16(2)3/h6-13,16H,4-5,14-15H2,1-3H3,(H,23,25)(H,24,26). The molecule has 0 fully saturated rings. The zero-order chi connectivity index (χ0) is 19.6. The van der Waals surface area contributed by atoms with E-state index >= 15 is 0 Å². The van der Waals surface area contributed by atoms with Crippen LogP contribution in [0, 0.1) is 5.92 Å². The van der Waals surface area contributed by atoms with Crippen LogP contribution in [0.3, 0.4) is 0 Å². The summed E-state index contributed by atoms with van der Waals surface area (Å²) in [6, 6.07) is 14.2. The first-order valence-electron chi connectivity index (χ1n) is 9.42. The van der Waals surface area contributed by atoms with Crippen molar-refractivity contribution >= 4 is 23.2 Å². The van der Waals surface area contributed by atoms with Crippen LogP contribution in [-0.2, 0) is 4.79 Å². The van der Waals surface area contributed by atoms with Crippen molar-refractivity contribution in [2.24, 2.45) is 5.92 Å². The fraction of sp³-hybridized carbons (Fsp3) is 0.364. The molecule has 2 aromatic carbocycles. The van der Waals surface area contributed by atoms with Gasteiger partial charge in [-0.15, -0.1) is 0 Å². The minimum Gasteiger partial charge on any atom is -0.494 e. The minimum absolute atomic E-state index is 0.0111. The van der Waals surface area contributed by atoms with Gasteiger partial charge in [0, 0.05) is 23.4 Å². The minimum atomic E-state index is -0.188. The van der Waals surface area contributed by atoms with E-state index in [1.807, 2.05) is 13.8 Å². The first-order valence-corrected chi connectivity index (χ1v) is 9.42. The Hall–Kier alpha value is -2.82. The van der Waals surface area contributed by atoms with Crippen LogP contribution in [0.25, 0.3) is 0 Å². The van der Waals surface area contributed by atoms with Gasteiger partial charge in [0.05, 0.1) is 6.61 Å². The normalized spacial score (nSPS) is 10.5. The van der Waals surface area contributed by atoms with Gasteiger partial charge in [0.2, 0.25) is 5.91 Å². The Labute approximate surface area is 161 Å². The van der Waals surface area contributed by atoms with Crippen molar-refractivity contribution in [1.82, 2.24) is 0 Å². The molecule has 0 aromatic heterocycles. The van der Waals surface area contributed by atoms with Gasteiger partial charge in [-0.25, -0.2) is 0 Å². The molecule has 2 rings (SSSR count). The van der Waals surface area contributed by atoms with Crippen LogP contribution in [0.2, 0.25) is 0 Å². The number of amides is 2. The van der Waals surface area contributed by atoms with Crippen LogP contribution in [0.4, 0.5) is 11.4 Å². The Morgan fingerprint density at radius 2 is 1.52 bits per heavy atom. The highest BCUT2D eigenvalue weighted by molar-refractivity contribution is 6.04. The van der Waals surface area contributed by atoms with E-state index in [2.05, 4.69) is 17.6 Å². The number of nitrogens with one attached hydrogen (secondary N) is 2. The maximum Gasteiger partial charge on any atom is 0.255 e. The molecule has 2 amide bonds. The summed E-state index contributed by atoms with van der Waals surface area (Å²) in [4.78, 5) is 24.1. The van der Waals surface area contributed by atoms with E-state index < -0.39 is 0 Å². The topological polar surface area (TPSA) is 67.4 Å². The number of anilines is 2. The molecule has 0 saturated heterocycles. The fourth-order valence-corrected chi connectivity index (χ4v) is 2.46. The highest BCUT2D eigenvalue weighted by Gasteiger charge is 2.08. The highest BCUT2D eigenvalue weighted by atomic mass is 16.5. The molecule has 0 aliphatic heterocycles. The van der Waals surface area contributed by atoms with Gasteiger partial charge in [0.15, 0.2) is 0 Å². The van der Waals surface area contributed by atoms with Crippen molar-refractivity contribution in [3.63, 3.8) is 0 Å². The first-order chi connectivity index (χ1) is 13.0. The van der Waals surface area contributed by atoms with E-state index in [-0.39, 0.29) is 11.8 Å². The second kappa shape index (κ2) is 10.4. The van der Waals surface area contributed by atoms with E-state index in [4.69, 9.17) is 4.74 Å². The highest BCUT2D eigenvalue weighted by Crippen LogP contribution is 2.17. The Kier molecular flexibility index (Phi) is 7.86. The Bertz CT molecular complexity index is 737. The van der Waals surface area contributed by atoms with E-state index in [1.54, 1.807) is 48.5 Å². The second-order valence-corrected chi connectivity index (χ2v) is 6.90. The third kappa shape index (κ3) is 7.13. The number of hydrogen-bond acceptors (Lipinski definition) is 3. The Morgan fingerprint density at radius 3 is 2.07 bits per heavy atom. The molecule has 0 unspecified atom stereocenters. The van der Waals surface area contributed by atoms with Gasteiger partial charge < -0.3 is 15.4 Å². The van der Waals surface area contributed by atoms with Crippen LogP contribution >= 0.6 is 0 Å².